The fourth-order valence-electron chi connectivity index (χ4n) is 2.63. The van der Waals surface area contributed by atoms with Gasteiger partial charge in [0, 0.05) is 0 Å². The molecule has 1 radical (unpaired) electrons. The van der Waals surface area contributed by atoms with E-state index in [9.17, 15) is 0 Å². The van der Waals surface area contributed by atoms with Crippen molar-refractivity contribution in [1.29, 1.82) is 0 Å². The zero-order valence-corrected chi connectivity index (χ0v) is 14.2. The standard InChI is InChI=1S/3C6H5.CH3.Sb/c3*1-2-4-6-5-3-1;;/h3*1-5H;1H3;. The van der Waals surface area contributed by atoms with Crippen LogP contribution in [0.4, 0.5) is 0 Å². The normalized spacial score (nSPS) is 11.2. The van der Waals surface area contributed by atoms with Gasteiger partial charge < -0.3 is 0 Å². The summed E-state index contributed by atoms with van der Waals surface area (Å²) >= 11 is -2.65. The third-order valence-corrected chi connectivity index (χ3v) is 15.2. The Morgan fingerprint density at radius 2 is 0.700 bits per heavy atom. The Bertz CT molecular complexity index is 563. The second-order valence-electron chi connectivity index (χ2n) is 5.01. The fourth-order valence-corrected chi connectivity index (χ4v) is 11.8. The van der Waals surface area contributed by atoms with Crippen molar-refractivity contribution < 1.29 is 0 Å². The molecule has 0 atom stereocenters. The molecule has 3 aromatic rings. The van der Waals surface area contributed by atoms with Gasteiger partial charge in [-0.05, 0) is 0 Å². The van der Waals surface area contributed by atoms with Crippen molar-refractivity contribution in [3.8, 4) is 0 Å². The van der Waals surface area contributed by atoms with E-state index in [2.05, 4.69) is 95.9 Å². The Morgan fingerprint density at radius 3 is 0.950 bits per heavy atom. The number of benzene rings is 3. The summed E-state index contributed by atoms with van der Waals surface area (Å²) in [5, 5.41) is 0. The molecule has 20 heavy (non-hydrogen) atoms. The van der Waals surface area contributed by atoms with Crippen molar-refractivity contribution in [2.45, 2.75) is 4.87 Å². The Morgan fingerprint density at radius 1 is 0.450 bits per heavy atom. The molecule has 0 bridgehead atoms. The van der Waals surface area contributed by atoms with Crippen LogP contribution in [-0.4, -0.2) is 18.8 Å². The van der Waals surface area contributed by atoms with Crippen molar-refractivity contribution in [2.24, 2.45) is 0 Å². The molecule has 0 heterocycles. The zero-order valence-electron chi connectivity index (χ0n) is 11.6. The van der Waals surface area contributed by atoms with Crippen LogP contribution in [0.1, 0.15) is 0 Å². The van der Waals surface area contributed by atoms with Gasteiger partial charge in [-0.3, -0.25) is 0 Å². The van der Waals surface area contributed by atoms with Crippen LogP contribution in [0.25, 0.3) is 0 Å². The van der Waals surface area contributed by atoms with Gasteiger partial charge in [-0.15, -0.1) is 0 Å². The van der Waals surface area contributed by atoms with Crippen LogP contribution in [0.15, 0.2) is 91.0 Å². The first-order valence-corrected chi connectivity index (χ1v) is 13.2. The van der Waals surface area contributed by atoms with Crippen molar-refractivity contribution in [2.75, 3.05) is 0 Å². The molecule has 0 spiro atoms. The third kappa shape index (κ3) is 2.41. The molecule has 0 saturated heterocycles. The molecular weight excluding hydrogens is 350 g/mol. The van der Waals surface area contributed by atoms with Gasteiger partial charge in [0.2, 0.25) is 0 Å². The predicted molar refractivity (Wildman–Crippen MR) is 89.8 cm³/mol. The van der Waals surface area contributed by atoms with Crippen molar-refractivity contribution in [3.63, 3.8) is 0 Å². The first-order valence-electron chi connectivity index (χ1n) is 6.85. The molecule has 1 heteroatoms. The predicted octanol–water partition coefficient (Wildman–Crippen LogP) is 2.79. The molecule has 0 saturated carbocycles. The zero-order chi connectivity index (χ0) is 13.8. The van der Waals surface area contributed by atoms with Crippen molar-refractivity contribution >= 4 is 29.3 Å². The first-order chi connectivity index (χ1) is 9.82. The van der Waals surface area contributed by atoms with E-state index >= 15 is 0 Å². The summed E-state index contributed by atoms with van der Waals surface area (Å²) in [7, 11) is 0. The molecular formula is C19H18Sb. The monoisotopic (exact) mass is 367 g/mol. The Hall–Kier alpha value is -1.52. The summed E-state index contributed by atoms with van der Waals surface area (Å²) in [5.41, 5.74) is 0. The third-order valence-electron chi connectivity index (χ3n) is 3.82. The molecule has 0 unspecified atom stereocenters. The maximum atomic E-state index is 2.50. The second kappa shape index (κ2) is 5.85. The van der Waals surface area contributed by atoms with Crippen LogP contribution in [0.3, 0.4) is 0 Å². The molecule has 0 fully saturated rings. The van der Waals surface area contributed by atoms with Crippen LogP contribution in [0.2, 0.25) is 4.87 Å². The van der Waals surface area contributed by atoms with E-state index in [1.54, 1.807) is 0 Å². The molecule has 0 nitrogen and oxygen atoms in total. The Kier molecular flexibility index (Phi) is 3.94. The summed E-state index contributed by atoms with van der Waals surface area (Å²) in [6.07, 6.45) is 0. The molecule has 0 aromatic heterocycles. The SMILES string of the molecule is [CH3][Sb]([c]1ccccc1)([c]1ccccc1)[c]1ccccc1. The minimum absolute atomic E-state index is 1.52. The van der Waals surface area contributed by atoms with Gasteiger partial charge in [-0.25, -0.2) is 0 Å². The summed E-state index contributed by atoms with van der Waals surface area (Å²) in [6, 6.07) is 33.1. The van der Waals surface area contributed by atoms with Crippen LogP contribution in [-0.2, 0) is 0 Å². The van der Waals surface area contributed by atoms with E-state index in [1.807, 2.05) is 0 Å². The van der Waals surface area contributed by atoms with Crippen LogP contribution in [0.5, 0.6) is 0 Å². The number of hydrogen-bond donors (Lipinski definition) is 0. The molecule has 99 valence electrons. The molecule has 3 rings (SSSR count). The van der Waals surface area contributed by atoms with Gasteiger partial charge in [0.05, 0.1) is 0 Å². The van der Waals surface area contributed by atoms with Gasteiger partial charge in [0.1, 0.15) is 0 Å². The van der Waals surface area contributed by atoms with Crippen LogP contribution in [0, 0.1) is 0 Å². The van der Waals surface area contributed by atoms with E-state index in [4.69, 9.17) is 0 Å². The van der Waals surface area contributed by atoms with E-state index in [-0.39, 0.29) is 0 Å². The van der Waals surface area contributed by atoms with E-state index < -0.39 is 18.8 Å². The van der Waals surface area contributed by atoms with E-state index in [1.165, 1.54) is 10.5 Å². The summed E-state index contributed by atoms with van der Waals surface area (Å²) < 4.78 is 4.55. The summed E-state index contributed by atoms with van der Waals surface area (Å²) in [5.74, 6) is 0. The fraction of sp³-hybridized carbons (Fsp3) is 0.0526. The van der Waals surface area contributed by atoms with Crippen LogP contribution < -0.4 is 10.5 Å². The Labute approximate surface area is 125 Å². The number of hydrogen-bond acceptors (Lipinski definition) is 0. The Balaban J connectivity index is 2.24. The molecule has 0 aliphatic rings. The maximum absolute atomic E-state index is 2.65. The van der Waals surface area contributed by atoms with Gasteiger partial charge >= 0.3 is 125 Å². The molecule has 0 N–H and O–H groups in total. The van der Waals surface area contributed by atoms with E-state index in [0.29, 0.717) is 0 Å². The topological polar surface area (TPSA) is 0 Å². The van der Waals surface area contributed by atoms with Gasteiger partial charge in [-0.1, -0.05) is 0 Å². The quantitative estimate of drug-likeness (QED) is 0.624. The summed E-state index contributed by atoms with van der Waals surface area (Å²) in [6.45, 7) is 0. The molecule has 0 aliphatic carbocycles. The molecule has 0 aliphatic heterocycles. The second-order valence-corrected chi connectivity index (χ2v) is 15.2. The van der Waals surface area contributed by atoms with E-state index in [0.717, 1.165) is 0 Å². The minimum atomic E-state index is -2.65. The number of rotatable bonds is 3. The molecule has 0 amide bonds. The van der Waals surface area contributed by atoms with Gasteiger partial charge in [-0.2, -0.15) is 0 Å². The van der Waals surface area contributed by atoms with Crippen molar-refractivity contribution in [3.05, 3.63) is 91.0 Å². The average molecular weight is 368 g/mol. The first kappa shape index (κ1) is 13.5. The van der Waals surface area contributed by atoms with Crippen LogP contribution >= 0.6 is 0 Å². The van der Waals surface area contributed by atoms with Gasteiger partial charge in [0.15, 0.2) is 0 Å². The van der Waals surface area contributed by atoms with Crippen molar-refractivity contribution in [1.82, 2.24) is 0 Å². The average Bonchev–Trinajstić information content (AvgIpc) is 2.56. The van der Waals surface area contributed by atoms with Gasteiger partial charge in [0.25, 0.3) is 0 Å². The molecule has 3 aromatic carbocycles. The summed E-state index contributed by atoms with van der Waals surface area (Å²) in [4.78, 5) is 2.50.